The number of rotatable bonds is 5. The van der Waals surface area contributed by atoms with E-state index in [1.807, 2.05) is 66.7 Å². The first-order chi connectivity index (χ1) is 14.1. The number of benzene rings is 3. The van der Waals surface area contributed by atoms with Crippen LogP contribution in [0.25, 0.3) is 5.57 Å². The average Bonchev–Trinajstić information content (AvgIpc) is 3.01. The Morgan fingerprint density at radius 3 is 2.24 bits per heavy atom. The van der Waals surface area contributed by atoms with Crippen molar-refractivity contribution < 1.29 is 14.6 Å². The topological polar surface area (TPSA) is 49.8 Å². The maximum absolute atomic E-state index is 13.0. The van der Waals surface area contributed by atoms with Crippen LogP contribution in [0.15, 0.2) is 84.6 Å². The summed E-state index contributed by atoms with van der Waals surface area (Å²) in [7, 11) is 1.60. The first-order valence-electron chi connectivity index (χ1n) is 9.26. The second kappa shape index (κ2) is 8.02. The number of nitrogens with zero attached hydrogens (tertiary/aromatic N) is 1. The van der Waals surface area contributed by atoms with E-state index in [0.717, 1.165) is 16.7 Å². The quantitative estimate of drug-likeness (QED) is 0.618. The van der Waals surface area contributed by atoms with Crippen molar-refractivity contribution in [3.63, 3.8) is 0 Å². The molecule has 1 heterocycles. The molecule has 4 rings (SSSR count). The molecule has 5 heteroatoms. The summed E-state index contributed by atoms with van der Waals surface area (Å²) in [6.45, 7) is 0.360. The highest BCUT2D eigenvalue weighted by Gasteiger charge is 2.40. The van der Waals surface area contributed by atoms with Crippen molar-refractivity contribution >= 4 is 23.1 Å². The average molecular weight is 406 g/mol. The fourth-order valence-electron chi connectivity index (χ4n) is 3.65. The zero-order valence-electron chi connectivity index (χ0n) is 15.9. The molecule has 3 aromatic rings. The van der Waals surface area contributed by atoms with Crippen LogP contribution in [0.2, 0.25) is 5.02 Å². The Balaban J connectivity index is 1.78. The first-order valence-corrected chi connectivity index (χ1v) is 9.64. The molecule has 0 spiro atoms. The molecule has 29 heavy (non-hydrogen) atoms. The molecular weight excluding hydrogens is 386 g/mol. The molecule has 0 radical (unpaired) electrons. The number of hydrogen-bond acceptors (Lipinski definition) is 3. The van der Waals surface area contributed by atoms with Gasteiger partial charge in [-0.05, 0) is 41.0 Å². The monoisotopic (exact) mass is 405 g/mol. The van der Waals surface area contributed by atoms with Gasteiger partial charge in [0.2, 0.25) is 0 Å². The minimum Gasteiger partial charge on any atom is -0.503 e. The van der Waals surface area contributed by atoms with Crippen molar-refractivity contribution in [2.75, 3.05) is 7.11 Å². The SMILES string of the molecule is COc1ccc(C2=C(O)C(=O)N(Cc3ccc(Cl)cc3)[C@H]2c2ccccc2)cc1. The zero-order chi connectivity index (χ0) is 20.4. The Bertz CT molecular complexity index is 1040. The molecule has 0 unspecified atom stereocenters. The highest BCUT2D eigenvalue weighted by atomic mass is 35.5. The minimum absolute atomic E-state index is 0.224. The predicted octanol–water partition coefficient (Wildman–Crippen LogP) is 5.40. The summed E-state index contributed by atoms with van der Waals surface area (Å²) in [5.41, 5.74) is 3.25. The molecule has 146 valence electrons. The Morgan fingerprint density at radius 1 is 0.966 bits per heavy atom. The van der Waals surface area contributed by atoms with Gasteiger partial charge in [-0.1, -0.05) is 66.2 Å². The number of methoxy groups -OCH3 is 1. The van der Waals surface area contributed by atoms with Crippen LogP contribution in [0.5, 0.6) is 5.75 Å². The number of amides is 1. The van der Waals surface area contributed by atoms with E-state index in [9.17, 15) is 9.90 Å². The van der Waals surface area contributed by atoms with Gasteiger partial charge in [0.05, 0.1) is 13.2 Å². The molecule has 0 bridgehead atoms. The lowest BCUT2D eigenvalue weighted by molar-refractivity contribution is -0.130. The summed E-state index contributed by atoms with van der Waals surface area (Å²) in [5, 5.41) is 11.4. The van der Waals surface area contributed by atoms with E-state index >= 15 is 0 Å². The summed E-state index contributed by atoms with van der Waals surface area (Å²) < 4.78 is 5.23. The van der Waals surface area contributed by atoms with Crippen LogP contribution in [0.4, 0.5) is 0 Å². The molecule has 3 aromatic carbocycles. The van der Waals surface area contributed by atoms with Crippen LogP contribution in [0.1, 0.15) is 22.7 Å². The summed E-state index contributed by atoms with van der Waals surface area (Å²) in [6.07, 6.45) is 0. The molecule has 0 saturated heterocycles. The highest BCUT2D eigenvalue weighted by Crippen LogP contribution is 2.43. The van der Waals surface area contributed by atoms with E-state index in [1.165, 1.54) is 0 Å². The van der Waals surface area contributed by atoms with Gasteiger partial charge < -0.3 is 14.7 Å². The number of aliphatic hydroxyl groups excluding tert-OH is 1. The Kier molecular flexibility index (Phi) is 5.28. The van der Waals surface area contributed by atoms with E-state index in [2.05, 4.69) is 0 Å². The molecule has 1 atom stereocenters. The predicted molar refractivity (Wildman–Crippen MR) is 114 cm³/mol. The first kappa shape index (κ1) is 19.1. The largest absolute Gasteiger partial charge is 0.503 e. The van der Waals surface area contributed by atoms with Gasteiger partial charge in [0.1, 0.15) is 5.75 Å². The van der Waals surface area contributed by atoms with Gasteiger partial charge in [-0.25, -0.2) is 0 Å². The molecule has 4 nitrogen and oxygen atoms in total. The fraction of sp³-hybridized carbons (Fsp3) is 0.125. The smallest absolute Gasteiger partial charge is 0.290 e. The Labute approximate surface area is 174 Å². The lowest BCUT2D eigenvalue weighted by atomic mass is 9.93. The third-order valence-electron chi connectivity index (χ3n) is 5.09. The summed E-state index contributed by atoms with van der Waals surface area (Å²) in [5.74, 6) is 0.102. The molecule has 1 aliphatic rings. The number of aliphatic hydroxyl groups is 1. The van der Waals surface area contributed by atoms with E-state index in [1.54, 1.807) is 24.1 Å². The lowest BCUT2D eigenvalue weighted by Gasteiger charge is -2.27. The van der Waals surface area contributed by atoms with Crippen molar-refractivity contribution in [3.8, 4) is 5.75 Å². The van der Waals surface area contributed by atoms with E-state index in [0.29, 0.717) is 22.9 Å². The molecule has 1 aliphatic heterocycles. The lowest BCUT2D eigenvalue weighted by Crippen LogP contribution is -2.29. The molecule has 1 N–H and O–H groups in total. The molecular formula is C24H20ClNO3. The van der Waals surface area contributed by atoms with Crippen molar-refractivity contribution in [2.45, 2.75) is 12.6 Å². The van der Waals surface area contributed by atoms with Crippen molar-refractivity contribution in [1.29, 1.82) is 0 Å². The fourth-order valence-corrected chi connectivity index (χ4v) is 3.78. The minimum atomic E-state index is -0.396. The van der Waals surface area contributed by atoms with Crippen LogP contribution in [0, 0.1) is 0 Å². The van der Waals surface area contributed by atoms with E-state index < -0.39 is 6.04 Å². The van der Waals surface area contributed by atoms with Crippen LogP contribution in [-0.2, 0) is 11.3 Å². The Morgan fingerprint density at radius 2 is 1.62 bits per heavy atom. The summed E-state index contributed by atoms with van der Waals surface area (Å²) >= 11 is 5.99. The van der Waals surface area contributed by atoms with Crippen molar-refractivity contribution in [2.24, 2.45) is 0 Å². The Hall–Kier alpha value is -3.24. The number of hydrogen-bond donors (Lipinski definition) is 1. The van der Waals surface area contributed by atoms with Gasteiger partial charge in [-0.3, -0.25) is 4.79 Å². The third kappa shape index (κ3) is 3.71. The zero-order valence-corrected chi connectivity index (χ0v) is 16.6. The summed E-state index contributed by atoms with van der Waals surface area (Å²) in [6, 6.07) is 24.1. The van der Waals surface area contributed by atoms with Gasteiger partial charge in [0.25, 0.3) is 5.91 Å². The second-order valence-corrected chi connectivity index (χ2v) is 7.30. The number of ether oxygens (including phenoxy) is 1. The van der Waals surface area contributed by atoms with Gasteiger partial charge in [0.15, 0.2) is 5.76 Å². The van der Waals surface area contributed by atoms with Crippen LogP contribution in [-0.4, -0.2) is 23.0 Å². The van der Waals surface area contributed by atoms with Gasteiger partial charge in [-0.15, -0.1) is 0 Å². The third-order valence-corrected chi connectivity index (χ3v) is 5.34. The molecule has 0 aliphatic carbocycles. The molecule has 0 aromatic heterocycles. The number of halogens is 1. The standard InChI is InChI=1S/C24H20ClNO3/c1-29-20-13-9-17(10-14-20)21-22(18-5-3-2-4-6-18)26(24(28)23(21)27)15-16-7-11-19(25)12-8-16/h2-14,22,27H,15H2,1H3/t22-/m0/s1. The molecule has 0 fully saturated rings. The van der Waals surface area contributed by atoms with Crippen molar-refractivity contribution in [3.05, 3.63) is 106 Å². The summed E-state index contributed by atoms with van der Waals surface area (Å²) in [4.78, 5) is 14.7. The van der Waals surface area contributed by atoms with E-state index in [4.69, 9.17) is 16.3 Å². The van der Waals surface area contributed by atoms with Crippen LogP contribution < -0.4 is 4.74 Å². The van der Waals surface area contributed by atoms with Crippen molar-refractivity contribution in [1.82, 2.24) is 4.90 Å². The van der Waals surface area contributed by atoms with Gasteiger partial charge in [-0.2, -0.15) is 0 Å². The normalized spacial score (nSPS) is 16.4. The van der Waals surface area contributed by atoms with E-state index in [-0.39, 0.29) is 11.7 Å². The number of carbonyl (C=O) groups excluding carboxylic acids is 1. The maximum Gasteiger partial charge on any atom is 0.290 e. The molecule has 0 saturated carbocycles. The van der Waals surface area contributed by atoms with Crippen LogP contribution >= 0.6 is 11.6 Å². The maximum atomic E-state index is 13.0. The van der Waals surface area contributed by atoms with Crippen LogP contribution in [0.3, 0.4) is 0 Å². The molecule has 1 amide bonds. The second-order valence-electron chi connectivity index (χ2n) is 6.86. The number of carbonyl (C=O) groups is 1. The van der Waals surface area contributed by atoms with Gasteiger partial charge in [0, 0.05) is 17.1 Å². The highest BCUT2D eigenvalue weighted by molar-refractivity contribution is 6.30. The van der Waals surface area contributed by atoms with Gasteiger partial charge >= 0.3 is 0 Å².